The summed E-state index contributed by atoms with van der Waals surface area (Å²) in [7, 11) is 0. The lowest BCUT2D eigenvalue weighted by molar-refractivity contribution is 0.813. The Morgan fingerprint density at radius 2 is 2.32 bits per heavy atom. The van der Waals surface area contributed by atoms with E-state index < -0.39 is 0 Å². The zero-order valence-electron chi connectivity index (χ0n) is 10.1. The van der Waals surface area contributed by atoms with Crippen LogP contribution in [0.25, 0.3) is 5.65 Å². The van der Waals surface area contributed by atoms with E-state index in [9.17, 15) is 4.79 Å². The van der Waals surface area contributed by atoms with Gasteiger partial charge in [-0.2, -0.15) is 5.10 Å². The monoisotopic (exact) mass is 259 g/mol. The predicted octanol–water partition coefficient (Wildman–Crippen LogP) is 0.185. The highest BCUT2D eigenvalue weighted by molar-refractivity contribution is 5.48. The summed E-state index contributed by atoms with van der Waals surface area (Å²) >= 11 is 0. The van der Waals surface area contributed by atoms with E-state index in [4.69, 9.17) is 0 Å². The van der Waals surface area contributed by atoms with Gasteiger partial charge in [0.15, 0.2) is 5.65 Å². The molecule has 3 rings (SSSR count). The fourth-order valence-electron chi connectivity index (χ4n) is 1.81. The summed E-state index contributed by atoms with van der Waals surface area (Å²) in [4.78, 5) is 22.6. The number of anilines is 1. The number of rotatable bonds is 5. The first kappa shape index (κ1) is 11.5. The SMILES string of the molecule is O=c1[nH]nc2cc(NCCCc3ncc[nH]3)ncn12. The number of hydrogen-bond acceptors (Lipinski definition) is 5. The largest absolute Gasteiger partial charge is 0.370 e. The molecule has 0 bridgehead atoms. The molecule has 0 saturated heterocycles. The molecule has 0 radical (unpaired) electrons. The van der Waals surface area contributed by atoms with E-state index in [1.165, 1.54) is 10.7 Å². The van der Waals surface area contributed by atoms with Gasteiger partial charge in [0.25, 0.3) is 0 Å². The number of nitrogens with one attached hydrogen (secondary N) is 3. The van der Waals surface area contributed by atoms with Crippen molar-refractivity contribution in [3.8, 4) is 0 Å². The van der Waals surface area contributed by atoms with Gasteiger partial charge in [0.1, 0.15) is 18.0 Å². The molecular formula is C11H13N7O. The Morgan fingerprint density at radius 3 is 3.16 bits per heavy atom. The van der Waals surface area contributed by atoms with Crippen LogP contribution >= 0.6 is 0 Å². The Kier molecular flexibility index (Phi) is 2.97. The van der Waals surface area contributed by atoms with Gasteiger partial charge in [-0.3, -0.25) is 0 Å². The van der Waals surface area contributed by atoms with E-state index in [0.29, 0.717) is 11.5 Å². The van der Waals surface area contributed by atoms with Gasteiger partial charge in [0, 0.05) is 31.4 Å². The fraction of sp³-hybridized carbons (Fsp3) is 0.273. The molecule has 0 fully saturated rings. The van der Waals surface area contributed by atoms with E-state index in [1.807, 2.05) is 6.20 Å². The van der Waals surface area contributed by atoms with Crippen LogP contribution in [0.4, 0.5) is 5.82 Å². The minimum absolute atomic E-state index is 0.285. The fourth-order valence-corrected chi connectivity index (χ4v) is 1.81. The number of aryl methyl sites for hydroxylation is 1. The average Bonchev–Trinajstić information content (AvgIpc) is 3.05. The van der Waals surface area contributed by atoms with Crippen LogP contribution < -0.4 is 11.0 Å². The normalized spacial score (nSPS) is 10.9. The van der Waals surface area contributed by atoms with Crippen molar-refractivity contribution in [1.29, 1.82) is 0 Å². The quantitative estimate of drug-likeness (QED) is 0.567. The van der Waals surface area contributed by atoms with Crippen molar-refractivity contribution in [3.63, 3.8) is 0 Å². The van der Waals surface area contributed by atoms with Crippen LogP contribution in [-0.2, 0) is 6.42 Å². The van der Waals surface area contributed by atoms with Crippen molar-refractivity contribution in [2.75, 3.05) is 11.9 Å². The Morgan fingerprint density at radius 1 is 1.37 bits per heavy atom. The summed E-state index contributed by atoms with van der Waals surface area (Å²) in [5.74, 6) is 1.68. The highest BCUT2D eigenvalue weighted by Gasteiger charge is 2.02. The van der Waals surface area contributed by atoms with Gasteiger partial charge in [-0.15, -0.1) is 0 Å². The van der Waals surface area contributed by atoms with Crippen LogP contribution in [0.3, 0.4) is 0 Å². The van der Waals surface area contributed by atoms with Crippen LogP contribution in [0.5, 0.6) is 0 Å². The number of aromatic amines is 2. The van der Waals surface area contributed by atoms with E-state index in [-0.39, 0.29) is 5.69 Å². The molecule has 0 aliphatic rings. The molecule has 19 heavy (non-hydrogen) atoms. The summed E-state index contributed by atoms with van der Waals surface area (Å²) in [5.41, 5.74) is 0.264. The van der Waals surface area contributed by atoms with Gasteiger partial charge < -0.3 is 10.3 Å². The lowest BCUT2D eigenvalue weighted by Gasteiger charge is -2.04. The maximum Gasteiger partial charge on any atom is 0.348 e. The van der Waals surface area contributed by atoms with Gasteiger partial charge >= 0.3 is 5.69 Å². The second-order valence-corrected chi connectivity index (χ2v) is 4.10. The zero-order chi connectivity index (χ0) is 13.1. The third kappa shape index (κ3) is 2.46. The topological polar surface area (TPSA) is 104 Å². The molecular weight excluding hydrogens is 246 g/mol. The molecule has 0 atom stereocenters. The summed E-state index contributed by atoms with van der Waals surface area (Å²) in [6, 6.07) is 1.73. The number of hydrogen-bond donors (Lipinski definition) is 3. The smallest absolute Gasteiger partial charge is 0.348 e. The van der Waals surface area contributed by atoms with Crippen molar-refractivity contribution in [2.45, 2.75) is 12.8 Å². The van der Waals surface area contributed by atoms with E-state index in [1.54, 1.807) is 12.3 Å². The molecule has 3 aromatic heterocycles. The third-order valence-corrected chi connectivity index (χ3v) is 2.76. The molecule has 3 aromatic rings. The van der Waals surface area contributed by atoms with Crippen molar-refractivity contribution < 1.29 is 0 Å². The van der Waals surface area contributed by atoms with Gasteiger partial charge in [0.05, 0.1) is 0 Å². The Bertz CT molecular complexity index is 712. The standard InChI is InChI=1S/C11H13N7O/c19-11-17-16-10-6-9(15-7-18(10)11)12-3-1-2-8-13-4-5-14-8/h4-7,12H,1-3H2,(H,13,14)(H,17,19). The molecule has 0 saturated carbocycles. The van der Waals surface area contributed by atoms with E-state index in [0.717, 1.165) is 25.2 Å². The average molecular weight is 259 g/mol. The number of aromatic nitrogens is 6. The number of imidazole rings is 1. The molecule has 3 N–H and O–H groups in total. The number of nitrogens with zero attached hydrogens (tertiary/aromatic N) is 4. The Balaban J connectivity index is 1.58. The molecule has 3 heterocycles. The molecule has 8 heteroatoms. The van der Waals surface area contributed by atoms with E-state index >= 15 is 0 Å². The maximum absolute atomic E-state index is 11.3. The minimum atomic E-state index is -0.285. The second kappa shape index (κ2) is 4.92. The van der Waals surface area contributed by atoms with Crippen molar-refractivity contribution in [1.82, 2.24) is 29.5 Å². The molecule has 0 aliphatic carbocycles. The first-order valence-corrected chi connectivity index (χ1v) is 5.98. The summed E-state index contributed by atoms with van der Waals surface area (Å²) in [6.07, 6.45) is 6.83. The van der Waals surface area contributed by atoms with Crippen LogP contribution in [0, 0.1) is 0 Å². The highest BCUT2D eigenvalue weighted by atomic mass is 16.1. The second-order valence-electron chi connectivity index (χ2n) is 4.10. The van der Waals surface area contributed by atoms with Crippen molar-refractivity contribution in [2.24, 2.45) is 0 Å². The number of fused-ring (bicyclic) bond motifs is 1. The minimum Gasteiger partial charge on any atom is -0.370 e. The molecule has 0 unspecified atom stereocenters. The van der Waals surface area contributed by atoms with Gasteiger partial charge in [-0.1, -0.05) is 0 Å². The van der Waals surface area contributed by atoms with Gasteiger partial charge in [-0.25, -0.2) is 24.3 Å². The molecule has 0 spiro atoms. The summed E-state index contributed by atoms with van der Waals surface area (Å²) < 4.78 is 1.36. The molecule has 8 nitrogen and oxygen atoms in total. The first-order valence-electron chi connectivity index (χ1n) is 5.98. The van der Waals surface area contributed by atoms with Crippen LogP contribution in [0.15, 0.2) is 29.6 Å². The lowest BCUT2D eigenvalue weighted by Crippen LogP contribution is -2.11. The van der Waals surface area contributed by atoms with Gasteiger partial charge in [0.2, 0.25) is 0 Å². The Hall–Kier alpha value is -2.64. The number of H-pyrrole nitrogens is 2. The zero-order valence-corrected chi connectivity index (χ0v) is 10.1. The van der Waals surface area contributed by atoms with E-state index in [2.05, 4.69) is 30.5 Å². The highest BCUT2D eigenvalue weighted by Crippen LogP contribution is 2.04. The lowest BCUT2D eigenvalue weighted by atomic mass is 10.3. The molecule has 0 aliphatic heterocycles. The van der Waals surface area contributed by atoms with Crippen molar-refractivity contribution >= 4 is 11.5 Å². The third-order valence-electron chi connectivity index (χ3n) is 2.76. The Labute approximate surface area is 107 Å². The summed E-state index contributed by atoms with van der Waals surface area (Å²) in [5, 5.41) is 9.43. The van der Waals surface area contributed by atoms with Gasteiger partial charge in [-0.05, 0) is 6.42 Å². The molecule has 98 valence electrons. The molecule has 0 amide bonds. The molecule has 0 aromatic carbocycles. The van der Waals surface area contributed by atoms with Crippen molar-refractivity contribution in [3.05, 3.63) is 41.1 Å². The first-order chi connectivity index (χ1) is 9.33. The predicted molar refractivity (Wildman–Crippen MR) is 69.0 cm³/mol. The van der Waals surface area contributed by atoms with Crippen LogP contribution in [0.2, 0.25) is 0 Å². The maximum atomic E-state index is 11.3. The van der Waals surface area contributed by atoms with Crippen LogP contribution in [-0.4, -0.2) is 36.1 Å². The summed E-state index contributed by atoms with van der Waals surface area (Å²) in [6.45, 7) is 0.776. The van der Waals surface area contributed by atoms with Crippen LogP contribution in [0.1, 0.15) is 12.2 Å².